The van der Waals surface area contributed by atoms with Crippen molar-refractivity contribution in [1.29, 1.82) is 0 Å². The van der Waals surface area contributed by atoms with Crippen LogP contribution < -0.4 is 5.32 Å². The van der Waals surface area contributed by atoms with Crippen LogP contribution in [-0.4, -0.2) is 16.2 Å². The molecule has 0 amide bonds. The Morgan fingerprint density at radius 1 is 1.31 bits per heavy atom. The summed E-state index contributed by atoms with van der Waals surface area (Å²) in [5.74, 6) is 3.11. The minimum Gasteiger partial charge on any atom is -0.297 e. The molecule has 1 aliphatic heterocycles. The molecule has 0 atom stereocenters. The molecular weight excluding hydrogens is 178 g/mol. The second-order valence-electron chi connectivity index (χ2n) is 5.70. The molecule has 1 saturated carbocycles. The largest absolute Gasteiger partial charge is 0.297 e. The Bertz CT molecular complexity index is 204. The van der Waals surface area contributed by atoms with Crippen LogP contribution in [0.4, 0.5) is 0 Å². The predicted molar refractivity (Wildman–Crippen MR) is 60.0 cm³/mol. The number of hydrogen-bond donors (Lipinski definition) is 1. The van der Waals surface area contributed by atoms with Crippen molar-refractivity contribution in [3.05, 3.63) is 0 Å². The molecule has 0 bridgehead atoms. The summed E-state index contributed by atoms with van der Waals surface area (Å²) >= 11 is 2.15. The van der Waals surface area contributed by atoms with Gasteiger partial charge in [0.15, 0.2) is 0 Å². The van der Waals surface area contributed by atoms with Gasteiger partial charge in [-0.3, -0.25) is 5.32 Å². The van der Waals surface area contributed by atoms with E-state index in [9.17, 15) is 0 Å². The summed E-state index contributed by atoms with van der Waals surface area (Å²) in [6.07, 6.45) is 2.78. The molecule has 13 heavy (non-hydrogen) atoms. The molecule has 2 rings (SSSR count). The molecule has 2 aliphatic rings. The highest BCUT2D eigenvalue weighted by atomic mass is 32.2. The third kappa shape index (κ3) is 1.75. The van der Waals surface area contributed by atoms with Gasteiger partial charge in [0.25, 0.3) is 0 Å². The normalized spacial score (nSPS) is 42.7. The zero-order chi connectivity index (χ0) is 9.69. The molecule has 1 heterocycles. The monoisotopic (exact) mass is 199 g/mol. The van der Waals surface area contributed by atoms with Gasteiger partial charge in [-0.05, 0) is 38.5 Å². The molecule has 76 valence electrons. The zero-order valence-corrected chi connectivity index (χ0v) is 10.0. The van der Waals surface area contributed by atoms with Crippen molar-refractivity contribution in [3.63, 3.8) is 0 Å². The maximum absolute atomic E-state index is 3.79. The molecule has 0 radical (unpaired) electrons. The Labute approximate surface area is 86.0 Å². The van der Waals surface area contributed by atoms with E-state index in [1.54, 1.807) is 0 Å². The average molecular weight is 199 g/mol. The first-order valence-corrected chi connectivity index (χ1v) is 6.34. The van der Waals surface area contributed by atoms with Gasteiger partial charge in [0.2, 0.25) is 0 Å². The fraction of sp³-hybridized carbons (Fsp3) is 1.00. The Kier molecular flexibility index (Phi) is 2.20. The van der Waals surface area contributed by atoms with E-state index in [-0.39, 0.29) is 0 Å². The quantitative estimate of drug-likeness (QED) is 0.697. The van der Waals surface area contributed by atoms with Gasteiger partial charge in [-0.2, -0.15) is 0 Å². The van der Waals surface area contributed by atoms with Crippen LogP contribution in [0, 0.1) is 11.8 Å². The molecule has 0 aromatic rings. The lowest BCUT2D eigenvalue weighted by Gasteiger charge is -2.47. The minimum absolute atomic E-state index is 0.368. The van der Waals surface area contributed by atoms with Crippen LogP contribution in [0.2, 0.25) is 0 Å². The third-order valence-electron chi connectivity index (χ3n) is 3.40. The highest BCUT2D eigenvalue weighted by Gasteiger charge is 2.52. The van der Waals surface area contributed by atoms with Crippen molar-refractivity contribution in [2.75, 3.05) is 5.75 Å². The first kappa shape index (κ1) is 9.85. The summed E-state index contributed by atoms with van der Waals surface area (Å²) in [6.45, 7) is 9.33. The van der Waals surface area contributed by atoms with Gasteiger partial charge in [0.05, 0.1) is 4.87 Å². The molecule has 1 aliphatic carbocycles. The minimum atomic E-state index is 0.368. The van der Waals surface area contributed by atoms with Gasteiger partial charge < -0.3 is 0 Å². The number of rotatable bonds is 1. The van der Waals surface area contributed by atoms with E-state index >= 15 is 0 Å². The summed E-state index contributed by atoms with van der Waals surface area (Å²) < 4.78 is 0. The predicted octanol–water partition coefficient (Wildman–Crippen LogP) is 2.86. The van der Waals surface area contributed by atoms with Gasteiger partial charge in [-0.1, -0.05) is 13.8 Å². The fourth-order valence-corrected chi connectivity index (χ4v) is 4.21. The van der Waals surface area contributed by atoms with E-state index in [4.69, 9.17) is 0 Å². The third-order valence-corrected chi connectivity index (χ3v) is 5.26. The molecule has 2 heteroatoms. The maximum Gasteiger partial charge on any atom is 0.0655 e. The molecule has 0 aromatic heterocycles. The van der Waals surface area contributed by atoms with Gasteiger partial charge in [0, 0.05) is 11.3 Å². The van der Waals surface area contributed by atoms with Crippen molar-refractivity contribution in [1.82, 2.24) is 5.32 Å². The lowest BCUT2D eigenvalue weighted by atomic mass is 9.72. The summed E-state index contributed by atoms with van der Waals surface area (Å²) in [7, 11) is 0. The smallest absolute Gasteiger partial charge is 0.0655 e. The maximum atomic E-state index is 3.79. The fourth-order valence-electron chi connectivity index (χ4n) is 2.49. The van der Waals surface area contributed by atoms with Gasteiger partial charge in [-0.15, -0.1) is 11.8 Å². The zero-order valence-electron chi connectivity index (χ0n) is 9.18. The van der Waals surface area contributed by atoms with Crippen LogP contribution >= 0.6 is 11.8 Å². The summed E-state index contributed by atoms with van der Waals surface area (Å²) in [4.78, 5) is 0.471. The molecule has 1 nitrogen and oxygen atoms in total. The van der Waals surface area contributed by atoms with E-state index in [1.165, 1.54) is 18.6 Å². The van der Waals surface area contributed by atoms with Crippen molar-refractivity contribution in [2.45, 2.75) is 50.9 Å². The Morgan fingerprint density at radius 3 is 2.31 bits per heavy atom. The summed E-state index contributed by atoms with van der Waals surface area (Å²) in [5, 5.41) is 3.79. The van der Waals surface area contributed by atoms with Crippen LogP contribution in [0.25, 0.3) is 0 Å². The van der Waals surface area contributed by atoms with Crippen molar-refractivity contribution < 1.29 is 0 Å². The number of thioether (sulfide) groups is 1. The summed E-state index contributed by atoms with van der Waals surface area (Å²) in [6, 6.07) is 0. The van der Waals surface area contributed by atoms with Crippen molar-refractivity contribution >= 4 is 11.8 Å². The van der Waals surface area contributed by atoms with Gasteiger partial charge in [0.1, 0.15) is 0 Å². The Morgan fingerprint density at radius 2 is 1.92 bits per heavy atom. The Hall–Kier alpha value is 0.310. The number of hydrogen-bond acceptors (Lipinski definition) is 2. The van der Waals surface area contributed by atoms with Crippen LogP contribution in [0.5, 0.6) is 0 Å². The molecule has 1 N–H and O–H groups in total. The lowest BCUT2D eigenvalue weighted by molar-refractivity contribution is 0.130. The standard InChI is InChI=1S/C11H21NS/c1-8(2)9-5-11(6-9)12-10(3,4)7-13-11/h8-9,12H,5-7H2,1-4H3. The van der Waals surface area contributed by atoms with E-state index < -0.39 is 0 Å². The first-order valence-electron chi connectivity index (χ1n) is 5.36. The van der Waals surface area contributed by atoms with Crippen LogP contribution in [0.1, 0.15) is 40.5 Å². The van der Waals surface area contributed by atoms with E-state index in [2.05, 4.69) is 44.8 Å². The molecule has 0 aromatic carbocycles. The van der Waals surface area contributed by atoms with E-state index in [0.29, 0.717) is 10.4 Å². The lowest BCUT2D eigenvalue weighted by Crippen LogP contribution is -2.55. The van der Waals surface area contributed by atoms with Crippen molar-refractivity contribution in [2.24, 2.45) is 11.8 Å². The van der Waals surface area contributed by atoms with Gasteiger partial charge in [-0.25, -0.2) is 0 Å². The second-order valence-corrected chi connectivity index (χ2v) is 7.06. The summed E-state index contributed by atoms with van der Waals surface area (Å²) in [5.41, 5.74) is 0.368. The second kappa shape index (κ2) is 2.90. The molecule has 0 unspecified atom stereocenters. The van der Waals surface area contributed by atoms with Crippen molar-refractivity contribution in [3.8, 4) is 0 Å². The number of nitrogens with one attached hydrogen (secondary N) is 1. The Balaban J connectivity index is 1.91. The molecule has 1 saturated heterocycles. The molecular formula is C11H21NS. The molecule has 2 fully saturated rings. The van der Waals surface area contributed by atoms with Gasteiger partial charge >= 0.3 is 0 Å². The SMILES string of the molecule is CC(C)C1CC2(C1)NC(C)(C)CS2. The van der Waals surface area contributed by atoms with Crippen LogP contribution in [-0.2, 0) is 0 Å². The van der Waals surface area contributed by atoms with E-state index in [0.717, 1.165) is 11.8 Å². The van der Waals surface area contributed by atoms with E-state index in [1.807, 2.05) is 0 Å². The first-order chi connectivity index (χ1) is 5.93. The molecule has 1 spiro atoms. The topological polar surface area (TPSA) is 12.0 Å². The van der Waals surface area contributed by atoms with Crippen LogP contribution in [0.15, 0.2) is 0 Å². The average Bonchev–Trinajstić information content (AvgIpc) is 2.22. The van der Waals surface area contributed by atoms with Crippen LogP contribution in [0.3, 0.4) is 0 Å². The highest BCUT2D eigenvalue weighted by Crippen LogP contribution is 2.53. The highest BCUT2D eigenvalue weighted by molar-refractivity contribution is 8.01.